The molecule has 1 unspecified atom stereocenters. The lowest BCUT2D eigenvalue weighted by Gasteiger charge is -2.21. The smallest absolute Gasteiger partial charge is 0.237 e. The number of nitrogens with two attached hydrogens (primary N) is 1. The van der Waals surface area contributed by atoms with Gasteiger partial charge in [-0.25, -0.2) is 0 Å². The van der Waals surface area contributed by atoms with Gasteiger partial charge in [0.1, 0.15) is 0 Å². The molecule has 1 rings (SSSR count). The van der Waals surface area contributed by atoms with Gasteiger partial charge in [-0.1, -0.05) is 13.8 Å². The zero-order valence-electron chi connectivity index (χ0n) is 14.1. The van der Waals surface area contributed by atoms with Crippen LogP contribution in [0.25, 0.3) is 0 Å². The van der Waals surface area contributed by atoms with Gasteiger partial charge in [0.05, 0.1) is 33.4 Å². The van der Waals surface area contributed by atoms with E-state index in [4.69, 9.17) is 19.9 Å². The molecule has 1 aromatic rings. The van der Waals surface area contributed by atoms with Crippen molar-refractivity contribution in [2.75, 3.05) is 21.3 Å². The SMILES string of the molecule is COc1cc(C(C)NC(=O)[C@@H](N)C(C)C)cc(OC)c1OC. The van der Waals surface area contributed by atoms with Crippen molar-refractivity contribution in [3.63, 3.8) is 0 Å². The van der Waals surface area contributed by atoms with E-state index in [1.807, 2.05) is 32.9 Å². The largest absolute Gasteiger partial charge is 0.493 e. The topological polar surface area (TPSA) is 82.8 Å². The van der Waals surface area contributed by atoms with Crippen molar-refractivity contribution in [3.05, 3.63) is 17.7 Å². The fourth-order valence-corrected chi connectivity index (χ4v) is 2.05. The summed E-state index contributed by atoms with van der Waals surface area (Å²) in [6, 6.07) is 2.86. The first kappa shape index (κ1) is 18.1. The number of hydrogen-bond donors (Lipinski definition) is 2. The zero-order chi connectivity index (χ0) is 16.9. The van der Waals surface area contributed by atoms with Crippen molar-refractivity contribution in [3.8, 4) is 17.2 Å². The lowest BCUT2D eigenvalue weighted by molar-refractivity contribution is -0.123. The summed E-state index contributed by atoms with van der Waals surface area (Å²) in [5.74, 6) is 1.51. The van der Waals surface area contributed by atoms with E-state index in [9.17, 15) is 4.79 Å². The summed E-state index contributed by atoms with van der Waals surface area (Å²) >= 11 is 0. The van der Waals surface area contributed by atoms with Gasteiger partial charge in [-0.3, -0.25) is 4.79 Å². The Morgan fingerprint density at radius 3 is 1.91 bits per heavy atom. The fourth-order valence-electron chi connectivity index (χ4n) is 2.05. The summed E-state index contributed by atoms with van der Waals surface area (Å²) < 4.78 is 15.9. The molecule has 0 spiro atoms. The van der Waals surface area contributed by atoms with E-state index in [0.29, 0.717) is 17.2 Å². The molecule has 0 aliphatic rings. The highest BCUT2D eigenvalue weighted by Gasteiger charge is 2.21. The third kappa shape index (κ3) is 4.04. The minimum atomic E-state index is -0.538. The maximum Gasteiger partial charge on any atom is 0.237 e. The molecule has 6 nitrogen and oxygen atoms in total. The molecule has 0 aliphatic heterocycles. The molecule has 0 aliphatic carbocycles. The van der Waals surface area contributed by atoms with Gasteiger partial charge in [0.2, 0.25) is 11.7 Å². The van der Waals surface area contributed by atoms with Gasteiger partial charge < -0.3 is 25.3 Å². The molecule has 0 fully saturated rings. The van der Waals surface area contributed by atoms with Gasteiger partial charge in [0.25, 0.3) is 0 Å². The monoisotopic (exact) mass is 310 g/mol. The number of carbonyl (C=O) groups excluding carboxylic acids is 1. The highest BCUT2D eigenvalue weighted by molar-refractivity contribution is 5.82. The van der Waals surface area contributed by atoms with E-state index in [-0.39, 0.29) is 17.9 Å². The van der Waals surface area contributed by atoms with Crippen molar-refractivity contribution < 1.29 is 19.0 Å². The summed E-state index contributed by atoms with van der Waals surface area (Å²) in [4.78, 5) is 12.1. The van der Waals surface area contributed by atoms with Crippen LogP contribution in [0.3, 0.4) is 0 Å². The van der Waals surface area contributed by atoms with E-state index in [1.165, 1.54) is 0 Å². The van der Waals surface area contributed by atoms with Crippen molar-refractivity contribution >= 4 is 5.91 Å². The molecule has 0 heterocycles. The van der Waals surface area contributed by atoms with Crippen LogP contribution in [0.5, 0.6) is 17.2 Å². The van der Waals surface area contributed by atoms with Crippen LogP contribution >= 0.6 is 0 Å². The van der Waals surface area contributed by atoms with Gasteiger partial charge in [-0.2, -0.15) is 0 Å². The van der Waals surface area contributed by atoms with Crippen molar-refractivity contribution in [2.45, 2.75) is 32.9 Å². The van der Waals surface area contributed by atoms with Crippen molar-refractivity contribution in [1.29, 1.82) is 0 Å². The normalized spacial score (nSPS) is 13.5. The average Bonchev–Trinajstić information content (AvgIpc) is 2.51. The van der Waals surface area contributed by atoms with Crippen LogP contribution in [0.15, 0.2) is 12.1 Å². The predicted molar refractivity (Wildman–Crippen MR) is 85.5 cm³/mol. The minimum Gasteiger partial charge on any atom is -0.493 e. The van der Waals surface area contributed by atoms with Crippen LogP contribution in [0.2, 0.25) is 0 Å². The van der Waals surface area contributed by atoms with E-state index in [1.54, 1.807) is 21.3 Å². The van der Waals surface area contributed by atoms with Crippen LogP contribution in [0.1, 0.15) is 32.4 Å². The molecular weight excluding hydrogens is 284 g/mol. The van der Waals surface area contributed by atoms with Gasteiger partial charge in [0, 0.05) is 0 Å². The summed E-state index contributed by atoms with van der Waals surface area (Å²) in [6.07, 6.45) is 0. The first-order chi connectivity index (χ1) is 10.3. The second-order valence-corrected chi connectivity index (χ2v) is 5.46. The zero-order valence-corrected chi connectivity index (χ0v) is 14.1. The Morgan fingerprint density at radius 2 is 1.55 bits per heavy atom. The summed E-state index contributed by atoms with van der Waals surface area (Å²) in [5, 5.41) is 2.90. The summed E-state index contributed by atoms with van der Waals surface area (Å²) in [6.45, 7) is 5.70. The number of rotatable bonds is 7. The second-order valence-electron chi connectivity index (χ2n) is 5.46. The van der Waals surface area contributed by atoms with Crippen LogP contribution in [0, 0.1) is 5.92 Å². The van der Waals surface area contributed by atoms with Crippen molar-refractivity contribution in [2.24, 2.45) is 11.7 Å². The van der Waals surface area contributed by atoms with Gasteiger partial charge >= 0.3 is 0 Å². The molecule has 3 N–H and O–H groups in total. The maximum atomic E-state index is 12.1. The average molecular weight is 310 g/mol. The number of benzene rings is 1. The van der Waals surface area contributed by atoms with Gasteiger partial charge in [-0.05, 0) is 30.5 Å². The van der Waals surface area contributed by atoms with Crippen LogP contribution < -0.4 is 25.3 Å². The van der Waals surface area contributed by atoms with Crippen molar-refractivity contribution in [1.82, 2.24) is 5.32 Å². The minimum absolute atomic E-state index is 0.0761. The lowest BCUT2D eigenvalue weighted by Crippen LogP contribution is -2.44. The summed E-state index contributed by atoms with van der Waals surface area (Å²) in [7, 11) is 4.66. The van der Waals surface area contributed by atoms with E-state index in [2.05, 4.69) is 5.32 Å². The van der Waals surface area contributed by atoms with E-state index >= 15 is 0 Å². The molecule has 0 bridgehead atoms. The fraction of sp³-hybridized carbons (Fsp3) is 0.562. The Balaban J connectivity index is 3.03. The molecule has 1 aromatic carbocycles. The molecule has 1 amide bonds. The predicted octanol–water partition coefficient (Wildman–Crippen LogP) is 1.87. The Morgan fingerprint density at radius 1 is 1.05 bits per heavy atom. The number of hydrogen-bond acceptors (Lipinski definition) is 5. The summed E-state index contributed by atoms with van der Waals surface area (Å²) in [5.41, 5.74) is 6.71. The highest BCUT2D eigenvalue weighted by atomic mass is 16.5. The number of amides is 1. The molecule has 124 valence electrons. The third-order valence-corrected chi connectivity index (χ3v) is 3.57. The Kier molecular flexibility index (Phi) is 6.49. The molecule has 0 saturated heterocycles. The Labute approximate surface area is 131 Å². The standard InChI is InChI=1S/C16H26N2O4/c1-9(2)14(17)16(19)18-10(3)11-7-12(20-4)15(22-6)13(8-11)21-5/h7-10,14H,17H2,1-6H3,(H,18,19)/t10?,14-/m0/s1. The first-order valence-electron chi connectivity index (χ1n) is 7.21. The first-order valence-corrected chi connectivity index (χ1v) is 7.21. The van der Waals surface area contributed by atoms with Gasteiger partial charge in [0.15, 0.2) is 11.5 Å². The molecule has 0 saturated carbocycles. The van der Waals surface area contributed by atoms with E-state index < -0.39 is 6.04 Å². The Hall–Kier alpha value is -1.95. The van der Waals surface area contributed by atoms with Crippen LogP contribution in [-0.4, -0.2) is 33.3 Å². The number of methoxy groups -OCH3 is 3. The molecule has 6 heteroatoms. The molecular formula is C16H26N2O4. The quantitative estimate of drug-likeness (QED) is 0.803. The Bertz CT molecular complexity index is 492. The number of carbonyl (C=O) groups is 1. The van der Waals surface area contributed by atoms with Crippen LogP contribution in [0.4, 0.5) is 0 Å². The maximum absolute atomic E-state index is 12.1. The third-order valence-electron chi connectivity index (χ3n) is 3.57. The number of ether oxygens (including phenoxy) is 3. The lowest BCUT2D eigenvalue weighted by atomic mass is 10.0. The molecule has 0 aromatic heterocycles. The van der Waals surface area contributed by atoms with Gasteiger partial charge in [-0.15, -0.1) is 0 Å². The second kappa shape index (κ2) is 7.89. The van der Waals surface area contributed by atoms with E-state index in [0.717, 1.165) is 5.56 Å². The molecule has 0 radical (unpaired) electrons. The molecule has 22 heavy (non-hydrogen) atoms. The van der Waals surface area contributed by atoms with Crippen LogP contribution in [-0.2, 0) is 4.79 Å². The highest BCUT2D eigenvalue weighted by Crippen LogP contribution is 2.39. The molecule has 2 atom stereocenters. The number of nitrogens with one attached hydrogen (secondary N) is 1.